The van der Waals surface area contributed by atoms with Crippen molar-refractivity contribution in [2.75, 3.05) is 17.2 Å². The minimum absolute atomic E-state index is 0.0904. The summed E-state index contributed by atoms with van der Waals surface area (Å²) in [5.41, 5.74) is 1.77. The average Bonchev–Trinajstić information content (AvgIpc) is 2.50. The molecular formula is C16H14FN3O. The topological polar surface area (TPSA) is 64.9 Å². The van der Waals surface area contributed by atoms with E-state index in [9.17, 15) is 9.18 Å². The first-order valence-corrected chi connectivity index (χ1v) is 6.49. The number of carbonyl (C=O) groups excluding carboxylic acids is 1. The second-order valence-electron chi connectivity index (χ2n) is 4.36. The van der Waals surface area contributed by atoms with Gasteiger partial charge < -0.3 is 10.6 Å². The molecule has 2 N–H and O–H groups in total. The number of nitrogens with one attached hydrogen (secondary N) is 2. The molecule has 0 unspecified atom stereocenters. The lowest BCUT2D eigenvalue weighted by Gasteiger charge is -2.08. The van der Waals surface area contributed by atoms with Crippen LogP contribution in [0.15, 0.2) is 42.5 Å². The number of carbonyl (C=O) groups is 1. The standard InChI is InChI=1S/C16H14FN3O/c1-2-19-14-6-3-11(4-7-14)16(21)20-15-8-5-13(17)9-12(15)10-18/h3-9,19H,2H2,1H3,(H,20,21). The molecule has 0 radical (unpaired) electrons. The summed E-state index contributed by atoms with van der Waals surface area (Å²) >= 11 is 0. The summed E-state index contributed by atoms with van der Waals surface area (Å²) in [5, 5.41) is 14.7. The van der Waals surface area contributed by atoms with Crippen LogP contribution in [0.4, 0.5) is 15.8 Å². The minimum atomic E-state index is -0.514. The molecule has 2 aromatic carbocycles. The lowest BCUT2D eigenvalue weighted by atomic mass is 10.1. The molecule has 1 amide bonds. The van der Waals surface area contributed by atoms with Crippen LogP contribution < -0.4 is 10.6 Å². The van der Waals surface area contributed by atoms with Crippen LogP contribution in [0.25, 0.3) is 0 Å². The highest BCUT2D eigenvalue weighted by atomic mass is 19.1. The molecule has 0 heterocycles. The monoisotopic (exact) mass is 283 g/mol. The van der Waals surface area contributed by atoms with E-state index in [1.54, 1.807) is 24.3 Å². The normalized spacial score (nSPS) is 9.76. The largest absolute Gasteiger partial charge is 0.385 e. The van der Waals surface area contributed by atoms with Gasteiger partial charge in [-0.15, -0.1) is 0 Å². The first-order chi connectivity index (χ1) is 10.1. The third kappa shape index (κ3) is 3.57. The molecule has 0 bridgehead atoms. The van der Waals surface area contributed by atoms with Crippen molar-refractivity contribution < 1.29 is 9.18 Å². The van der Waals surface area contributed by atoms with Crippen molar-refractivity contribution in [2.45, 2.75) is 6.92 Å². The highest BCUT2D eigenvalue weighted by Gasteiger charge is 2.10. The second kappa shape index (κ2) is 6.53. The molecule has 21 heavy (non-hydrogen) atoms. The molecule has 0 spiro atoms. The Balaban J connectivity index is 2.16. The molecule has 2 aromatic rings. The Kier molecular flexibility index (Phi) is 4.52. The number of benzene rings is 2. The maximum absolute atomic E-state index is 13.0. The third-order valence-corrected chi connectivity index (χ3v) is 2.88. The molecule has 0 aliphatic heterocycles. The van der Waals surface area contributed by atoms with Crippen LogP contribution in [0.5, 0.6) is 0 Å². The zero-order valence-corrected chi connectivity index (χ0v) is 11.5. The quantitative estimate of drug-likeness (QED) is 0.904. The van der Waals surface area contributed by atoms with Crippen molar-refractivity contribution in [3.05, 3.63) is 59.4 Å². The fourth-order valence-corrected chi connectivity index (χ4v) is 1.86. The van der Waals surface area contributed by atoms with E-state index in [2.05, 4.69) is 10.6 Å². The summed E-state index contributed by atoms with van der Waals surface area (Å²) in [4.78, 5) is 12.1. The summed E-state index contributed by atoms with van der Waals surface area (Å²) in [5.74, 6) is -0.860. The number of hydrogen-bond acceptors (Lipinski definition) is 3. The summed E-state index contributed by atoms with van der Waals surface area (Å²) in [7, 11) is 0. The predicted molar refractivity (Wildman–Crippen MR) is 79.7 cm³/mol. The van der Waals surface area contributed by atoms with Gasteiger partial charge in [-0.25, -0.2) is 4.39 Å². The Morgan fingerprint density at radius 1 is 1.24 bits per heavy atom. The van der Waals surface area contributed by atoms with E-state index in [1.807, 2.05) is 13.0 Å². The SMILES string of the molecule is CCNc1ccc(C(=O)Nc2ccc(F)cc2C#N)cc1. The minimum Gasteiger partial charge on any atom is -0.385 e. The Morgan fingerprint density at radius 2 is 1.95 bits per heavy atom. The van der Waals surface area contributed by atoms with E-state index in [0.29, 0.717) is 11.3 Å². The van der Waals surface area contributed by atoms with Gasteiger partial charge in [-0.3, -0.25) is 4.79 Å². The molecule has 0 aliphatic carbocycles. The van der Waals surface area contributed by atoms with Crippen molar-refractivity contribution in [3.8, 4) is 6.07 Å². The maximum atomic E-state index is 13.0. The van der Waals surface area contributed by atoms with E-state index < -0.39 is 5.82 Å². The Morgan fingerprint density at radius 3 is 2.57 bits per heavy atom. The number of hydrogen-bond donors (Lipinski definition) is 2. The van der Waals surface area contributed by atoms with Crippen LogP contribution in [0, 0.1) is 17.1 Å². The number of nitrogens with zero attached hydrogens (tertiary/aromatic N) is 1. The van der Waals surface area contributed by atoms with Gasteiger partial charge in [0.2, 0.25) is 0 Å². The number of amides is 1. The molecular weight excluding hydrogens is 269 g/mol. The molecule has 0 saturated carbocycles. The van der Waals surface area contributed by atoms with Gasteiger partial charge in [0.1, 0.15) is 11.9 Å². The summed E-state index contributed by atoms with van der Waals surface area (Å²) < 4.78 is 13.0. The van der Waals surface area contributed by atoms with Crippen molar-refractivity contribution in [1.29, 1.82) is 5.26 Å². The summed E-state index contributed by atoms with van der Waals surface area (Å²) in [6.07, 6.45) is 0. The van der Waals surface area contributed by atoms with E-state index in [-0.39, 0.29) is 11.5 Å². The average molecular weight is 283 g/mol. The smallest absolute Gasteiger partial charge is 0.255 e. The van der Waals surface area contributed by atoms with Gasteiger partial charge in [0.15, 0.2) is 0 Å². The molecule has 0 saturated heterocycles. The summed E-state index contributed by atoms with van der Waals surface area (Å²) in [6.45, 7) is 2.78. The van der Waals surface area contributed by atoms with E-state index in [4.69, 9.17) is 5.26 Å². The predicted octanol–water partition coefficient (Wildman–Crippen LogP) is 3.38. The van der Waals surface area contributed by atoms with E-state index >= 15 is 0 Å². The van der Waals surface area contributed by atoms with Crippen molar-refractivity contribution in [2.24, 2.45) is 0 Å². The van der Waals surface area contributed by atoms with Gasteiger partial charge >= 0.3 is 0 Å². The van der Waals surface area contributed by atoms with Gasteiger partial charge in [0, 0.05) is 17.8 Å². The zero-order chi connectivity index (χ0) is 15.2. The Bertz CT molecular complexity index is 690. The van der Waals surface area contributed by atoms with Crippen molar-refractivity contribution in [1.82, 2.24) is 0 Å². The van der Waals surface area contributed by atoms with Crippen LogP contribution in [0.3, 0.4) is 0 Å². The lowest BCUT2D eigenvalue weighted by Crippen LogP contribution is -2.13. The fourth-order valence-electron chi connectivity index (χ4n) is 1.86. The number of nitriles is 1. The molecule has 0 fully saturated rings. The highest BCUT2D eigenvalue weighted by Crippen LogP contribution is 2.17. The van der Waals surface area contributed by atoms with Crippen molar-refractivity contribution in [3.63, 3.8) is 0 Å². The lowest BCUT2D eigenvalue weighted by molar-refractivity contribution is 0.102. The molecule has 4 nitrogen and oxygen atoms in total. The van der Waals surface area contributed by atoms with Crippen LogP contribution in [0.1, 0.15) is 22.8 Å². The molecule has 0 atom stereocenters. The van der Waals surface area contributed by atoms with Crippen LogP contribution in [-0.2, 0) is 0 Å². The maximum Gasteiger partial charge on any atom is 0.255 e. The van der Waals surface area contributed by atoms with Gasteiger partial charge in [-0.2, -0.15) is 5.26 Å². The molecule has 5 heteroatoms. The Labute approximate surface area is 122 Å². The van der Waals surface area contributed by atoms with Gasteiger partial charge in [0.05, 0.1) is 11.3 Å². The van der Waals surface area contributed by atoms with E-state index in [0.717, 1.165) is 18.3 Å². The van der Waals surface area contributed by atoms with Crippen LogP contribution in [-0.4, -0.2) is 12.5 Å². The molecule has 0 aromatic heterocycles. The number of halogens is 1. The fraction of sp³-hybridized carbons (Fsp3) is 0.125. The molecule has 2 rings (SSSR count). The first kappa shape index (κ1) is 14.5. The molecule has 0 aliphatic rings. The zero-order valence-electron chi connectivity index (χ0n) is 11.5. The summed E-state index contributed by atoms with van der Waals surface area (Å²) in [6, 6.07) is 12.5. The second-order valence-corrected chi connectivity index (χ2v) is 4.36. The van der Waals surface area contributed by atoms with Gasteiger partial charge in [0.25, 0.3) is 5.91 Å². The number of anilines is 2. The molecule has 106 valence electrons. The van der Waals surface area contributed by atoms with Crippen LogP contribution >= 0.6 is 0 Å². The van der Waals surface area contributed by atoms with Crippen LogP contribution in [0.2, 0.25) is 0 Å². The van der Waals surface area contributed by atoms with Gasteiger partial charge in [-0.1, -0.05) is 0 Å². The van der Waals surface area contributed by atoms with Crippen molar-refractivity contribution >= 4 is 17.3 Å². The highest BCUT2D eigenvalue weighted by molar-refractivity contribution is 6.05. The Hall–Kier alpha value is -2.87. The van der Waals surface area contributed by atoms with E-state index in [1.165, 1.54) is 12.1 Å². The third-order valence-electron chi connectivity index (χ3n) is 2.88. The first-order valence-electron chi connectivity index (χ1n) is 6.49. The van der Waals surface area contributed by atoms with Gasteiger partial charge in [-0.05, 0) is 49.4 Å². The number of rotatable bonds is 4.